The topological polar surface area (TPSA) is 12.0 Å². The summed E-state index contributed by atoms with van der Waals surface area (Å²) >= 11 is 3.06. The van der Waals surface area contributed by atoms with Crippen molar-refractivity contribution in [3.8, 4) is 0 Å². The highest BCUT2D eigenvalue weighted by Crippen LogP contribution is 2.29. The zero-order valence-corrected chi connectivity index (χ0v) is 12.3. The second-order valence-corrected chi connectivity index (χ2v) is 5.15. The van der Waals surface area contributed by atoms with E-state index in [1.807, 2.05) is 6.92 Å². The van der Waals surface area contributed by atoms with E-state index in [1.54, 1.807) is 6.07 Å². The largest absolute Gasteiger partial charge is 0.306 e. The standard InChI is InChI=1S/C15H13BrF3N/c1-2-20-15(9-6-7-10(16)13(19)8-9)14-11(17)4-3-5-12(14)18/h3-8,15,20H,2H2,1H3. The molecule has 0 saturated carbocycles. The Morgan fingerprint density at radius 3 is 2.25 bits per heavy atom. The van der Waals surface area contributed by atoms with Gasteiger partial charge < -0.3 is 5.32 Å². The van der Waals surface area contributed by atoms with Gasteiger partial charge in [-0.25, -0.2) is 13.2 Å². The van der Waals surface area contributed by atoms with Gasteiger partial charge in [-0.1, -0.05) is 19.1 Å². The smallest absolute Gasteiger partial charge is 0.137 e. The summed E-state index contributed by atoms with van der Waals surface area (Å²) in [7, 11) is 0. The Kier molecular flexibility index (Phi) is 4.83. The summed E-state index contributed by atoms with van der Waals surface area (Å²) in [4.78, 5) is 0. The molecule has 106 valence electrons. The predicted molar refractivity (Wildman–Crippen MR) is 76.0 cm³/mol. The maximum atomic E-state index is 13.9. The van der Waals surface area contributed by atoms with Crippen LogP contribution in [0, 0.1) is 17.5 Å². The molecule has 0 saturated heterocycles. The molecule has 2 aromatic rings. The third-order valence-electron chi connectivity index (χ3n) is 2.97. The molecule has 0 aliphatic heterocycles. The van der Waals surface area contributed by atoms with E-state index in [1.165, 1.54) is 30.3 Å². The van der Waals surface area contributed by atoms with Crippen LogP contribution in [0.3, 0.4) is 0 Å². The number of nitrogens with one attached hydrogen (secondary N) is 1. The minimum Gasteiger partial charge on any atom is -0.306 e. The highest BCUT2D eigenvalue weighted by molar-refractivity contribution is 9.10. The summed E-state index contributed by atoms with van der Waals surface area (Å²) in [6.07, 6.45) is 0. The lowest BCUT2D eigenvalue weighted by Gasteiger charge is -2.20. The van der Waals surface area contributed by atoms with Crippen LogP contribution in [0.2, 0.25) is 0 Å². The summed E-state index contributed by atoms with van der Waals surface area (Å²) in [6.45, 7) is 2.32. The lowest BCUT2D eigenvalue weighted by Crippen LogP contribution is -2.24. The molecule has 2 rings (SSSR count). The number of halogens is 4. The molecule has 5 heteroatoms. The Hall–Kier alpha value is -1.33. The average Bonchev–Trinajstić information content (AvgIpc) is 2.41. The first kappa shape index (κ1) is 15.1. The molecule has 2 aromatic carbocycles. The molecule has 0 heterocycles. The minimum atomic E-state index is -0.733. The molecule has 0 radical (unpaired) electrons. The molecule has 0 bridgehead atoms. The van der Waals surface area contributed by atoms with Crippen LogP contribution >= 0.6 is 15.9 Å². The van der Waals surface area contributed by atoms with E-state index in [-0.39, 0.29) is 5.56 Å². The first-order valence-corrected chi connectivity index (χ1v) is 6.96. The number of hydrogen-bond donors (Lipinski definition) is 1. The van der Waals surface area contributed by atoms with E-state index in [9.17, 15) is 13.2 Å². The third kappa shape index (κ3) is 3.04. The lowest BCUT2D eigenvalue weighted by molar-refractivity contribution is 0.508. The van der Waals surface area contributed by atoms with Crippen molar-refractivity contribution in [1.82, 2.24) is 5.32 Å². The number of hydrogen-bond acceptors (Lipinski definition) is 1. The fourth-order valence-electron chi connectivity index (χ4n) is 2.07. The summed E-state index contributed by atoms with van der Waals surface area (Å²) in [6, 6.07) is 7.38. The van der Waals surface area contributed by atoms with E-state index in [2.05, 4.69) is 21.2 Å². The van der Waals surface area contributed by atoms with Crippen LogP contribution in [-0.2, 0) is 0 Å². The monoisotopic (exact) mass is 343 g/mol. The molecule has 1 atom stereocenters. The average molecular weight is 344 g/mol. The van der Waals surface area contributed by atoms with Gasteiger partial charge in [-0.15, -0.1) is 0 Å². The van der Waals surface area contributed by atoms with Crippen LogP contribution < -0.4 is 5.32 Å². The van der Waals surface area contributed by atoms with Gasteiger partial charge in [-0.05, 0) is 52.3 Å². The van der Waals surface area contributed by atoms with Gasteiger partial charge in [0.15, 0.2) is 0 Å². The Bertz CT molecular complexity index is 596. The normalized spacial score (nSPS) is 12.4. The Labute approximate surface area is 123 Å². The van der Waals surface area contributed by atoms with Crippen molar-refractivity contribution >= 4 is 15.9 Å². The van der Waals surface area contributed by atoms with Gasteiger partial charge in [0.05, 0.1) is 10.5 Å². The fraction of sp³-hybridized carbons (Fsp3) is 0.200. The van der Waals surface area contributed by atoms with Crippen LogP contribution in [0.5, 0.6) is 0 Å². The van der Waals surface area contributed by atoms with Crippen molar-refractivity contribution in [3.63, 3.8) is 0 Å². The molecule has 1 unspecified atom stereocenters. The zero-order chi connectivity index (χ0) is 14.7. The summed E-state index contributed by atoms with van der Waals surface area (Å²) in [5.74, 6) is -1.78. The van der Waals surface area contributed by atoms with Crippen molar-refractivity contribution in [2.75, 3.05) is 6.54 Å². The van der Waals surface area contributed by atoms with Crippen molar-refractivity contribution in [2.45, 2.75) is 13.0 Å². The second-order valence-electron chi connectivity index (χ2n) is 4.30. The van der Waals surface area contributed by atoms with Gasteiger partial charge in [0, 0.05) is 5.56 Å². The van der Waals surface area contributed by atoms with Crippen LogP contribution in [0.15, 0.2) is 40.9 Å². The van der Waals surface area contributed by atoms with Crippen LogP contribution in [0.1, 0.15) is 24.1 Å². The van der Waals surface area contributed by atoms with Crippen molar-refractivity contribution in [1.29, 1.82) is 0 Å². The molecule has 0 aliphatic rings. The van der Waals surface area contributed by atoms with Gasteiger partial charge in [-0.3, -0.25) is 0 Å². The SMILES string of the molecule is CCNC(c1ccc(Br)c(F)c1)c1c(F)cccc1F. The first-order valence-electron chi connectivity index (χ1n) is 6.16. The molecular weight excluding hydrogens is 331 g/mol. The zero-order valence-electron chi connectivity index (χ0n) is 10.8. The maximum Gasteiger partial charge on any atom is 0.137 e. The highest BCUT2D eigenvalue weighted by atomic mass is 79.9. The molecule has 0 fully saturated rings. The molecule has 0 aromatic heterocycles. The van der Waals surface area contributed by atoms with Gasteiger partial charge in [-0.2, -0.15) is 0 Å². The number of benzene rings is 2. The third-order valence-corrected chi connectivity index (χ3v) is 3.62. The fourth-order valence-corrected chi connectivity index (χ4v) is 2.32. The maximum absolute atomic E-state index is 13.9. The molecule has 0 amide bonds. The van der Waals surface area contributed by atoms with Gasteiger partial charge in [0.1, 0.15) is 17.5 Å². The second kappa shape index (κ2) is 6.41. The molecular formula is C15H13BrF3N. The summed E-state index contributed by atoms with van der Waals surface area (Å²) in [5, 5.41) is 2.98. The van der Waals surface area contributed by atoms with Crippen molar-refractivity contribution in [3.05, 3.63) is 69.4 Å². The summed E-state index contributed by atoms with van der Waals surface area (Å²) in [5.41, 5.74) is 0.368. The minimum absolute atomic E-state index is 0.101. The lowest BCUT2D eigenvalue weighted by atomic mass is 9.97. The van der Waals surface area contributed by atoms with E-state index in [4.69, 9.17) is 0 Å². The van der Waals surface area contributed by atoms with Gasteiger partial charge in [0.25, 0.3) is 0 Å². The Morgan fingerprint density at radius 1 is 1.05 bits per heavy atom. The van der Waals surface area contributed by atoms with E-state index >= 15 is 0 Å². The number of rotatable bonds is 4. The van der Waals surface area contributed by atoms with E-state index in [0.29, 0.717) is 16.6 Å². The van der Waals surface area contributed by atoms with Crippen LogP contribution in [0.4, 0.5) is 13.2 Å². The summed E-state index contributed by atoms with van der Waals surface area (Å²) < 4.78 is 41.8. The highest BCUT2D eigenvalue weighted by Gasteiger charge is 2.21. The molecule has 0 aliphatic carbocycles. The quantitative estimate of drug-likeness (QED) is 0.857. The molecule has 0 spiro atoms. The predicted octanol–water partition coefficient (Wildman–Crippen LogP) is 4.57. The van der Waals surface area contributed by atoms with Gasteiger partial charge >= 0.3 is 0 Å². The van der Waals surface area contributed by atoms with E-state index < -0.39 is 23.5 Å². The Morgan fingerprint density at radius 2 is 1.70 bits per heavy atom. The van der Waals surface area contributed by atoms with Crippen molar-refractivity contribution < 1.29 is 13.2 Å². The van der Waals surface area contributed by atoms with Crippen LogP contribution in [0.25, 0.3) is 0 Å². The molecule has 1 nitrogen and oxygen atoms in total. The van der Waals surface area contributed by atoms with Gasteiger partial charge in [0.2, 0.25) is 0 Å². The van der Waals surface area contributed by atoms with Crippen LogP contribution in [-0.4, -0.2) is 6.54 Å². The van der Waals surface area contributed by atoms with E-state index in [0.717, 1.165) is 0 Å². The molecule has 20 heavy (non-hydrogen) atoms. The first-order chi connectivity index (χ1) is 9.54. The Balaban J connectivity index is 2.53. The molecule has 1 N–H and O–H groups in total. The van der Waals surface area contributed by atoms with Crippen molar-refractivity contribution in [2.24, 2.45) is 0 Å².